The molecule has 2 aliphatic rings. The second-order valence-electron chi connectivity index (χ2n) is 5.01. The van der Waals surface area contributed by atoms with E-state index in [4.69, 9.17) is 15.7 Å². The normalized spacial score (nSPS) is 24.1. The lowest BCUT2D eigenvalue weighted by Crippen LogP contribution is -2.47. The zero-order valence-corrected chi connectivity index (χ0v) is 10.8. The van der Waals surface area contributed by atoms with E-state index in [1.54, 1.807) is 0 Å². The van der Waals surface area contributed by atoms with E-state index in [1.165, 1.54) is 0 Å². The maximum atomic E-state index is 12.4. The van der Waals surface area contributed by atoms with Crippen LogP contribution in [0.5, 0.6) is 0 Å². The van der Waals surface area contributed by atoms with Crippen molar-refractivity contribution in [2.45, 2.75) is 38.7 Å². The summed E-state index contributed by atoms with van der Waals surface area (Å²) in [6.07, 6.45) is 3.37. The topological polar surface area (TPSA) is 88.2 Å². The molecule has 1 heterocycles. The van der Waals surface area contributed by atoms with Gasteiger partial charge < -0.3 is 20.6 Å². The number of carbonyl (C=O) groups is 1. The minimum atomic E-state index is -0.715. The molecule has 0 unspecified atom stereocenters. The van der Waals surface area contributed by atoms with Crippen molar-refractivity contribution in [3.8, 4) is 0 Å². The predicted molar refractivity (Wildman–Crippen MR) is 66.3 cm³/mol. The van der Waals surface area contributed by atoms with Gasteiger partial charge in [-0.2, -0.15) is 0 Å². The maximum Gasteiger partial charge on any atom is 0.236 e. The third-order valence-electron chi connectivity index (χ3n) is 3.89. The Labute approximate surface area is 107 Å². The van der Waals surface area contributed by atoms with E-state index in [1.807, 2.05) is 11.8 Å². The number of ether oxygens (including phenoxy) is 1. The van der Waals surface area contributed by atoms with Gasteiger partial charge in [-0.1, -0.05) is 5.16 Å². The SMILES string of the molecule is CCOC1CCN(C(=O)C2(C(N)=NO)CC2)CC1. The summed E-state index contributed by atoms with van der Waals surface area (Å²) in [6, 6.07) is 0. The minimum Gasteiger partial charge on any atom is -0.409 e. The van der Waals surface area contributed by atoms with Crippen LogP contribution in [-0.2, 0) is 9.53 Å². The zero-order chi connectivity index (χ0) is 13.2. The number of hydrogen-bond acceptors (Lipinski definition) is 4. The highest BCUT2D eigenvalue weighted by atomic mass is 16.5. The molecule has 2 rings (SSSR count). The average molecular weight is 255 g/mol. The first kappa shape index (κ1) is 13.1. The highest BCUT2D eigenvalue weighted by molar-refractivity contribution is 6.09. The number of rotatable bonds is 4. The monoisotopic (exact) mass is 255 g/mol. The molecule has 2 fully saturated rings. The van der Waals surface area contributed by atoms with E-state index in [2.05, 4.69) is 5.16 Å². The molecule has 0 atom stereocenters. The zero-order valence-electron chi connectivity index (χ0n) is 10.8. The molecule has 3 N–H and O–H groups in total. The molecule has 1 aliphatic heterocycles. The van der Waals surface area contributed by atoms with E-state index in [-0.39, 0.29) is 17.8 Å². The van der Waals surface area contributed by atoms with Crippen LogP contribution in [-0.4, -0.2) is 47.7 Å². The fourth-order valence-corrected chi connectivity index (χ4v) is 2.56. The van der Waals surface area contributed by atoms with Crippen LogP contribution in [0.25, 0.3) is 0 Å². The number of nitrogens with zero attached hydrogens (tertiary/aromatic N) is 2. The summed E-state index contributed by atoms with van der Waals surface area (Å²) >= 11 is 0. The summed E-state index contributed by atoms with van der Waals surface area (Å²) in [4.78, 5) is 14.2. The molecule has 102 valence electrons. The van der Waals surface area contributed by atoms with Crippen LogP contribution in [0.15, 0.2) is 5.16 Å². The summed E-state index contributed by atoms with van der Waals surface area (Å²) < 4.78 is 5.55. The number of amides is 1. The van der Waals surface area contributed by atoms with Crippen molar-refractivity contribution in [2.24, 2.45) is 16.3 Å². The Balaban J connectivity index is 1.92. The van der Waals surface area contributed by atoms with Crippen LogP contribution < -0.4 is 5.73 Å². The molecule has 1 aliphatic carbocycles. The highest BCUT2D eigenvalue weighted by Crippen LogP contribution is 2.47. The van der Waals surface area contributed by atoms with Crippen LogP contribution in [0.4, 0.5) is 0 Å². The van der Waals surface area contributed by atoms with Gasteiger partial charge in [0.25, 0.3) is 0 Å². The molecule has 1 saturated heterocycles. The summed E-state index contributed by atoms with van der Waals surface area (Å²) in [5, 5.41) is 11.7. The fraction of sp³-hybridized carbons (Fsp3) is 0.833. The van der Waals surface area contributed by atoms with Crippen molar-refractivity contribution in [1.29, 1.82) is 0 Å². The first-order chi connectivity index (χ1) is 8.64. The van der Waals surface area contributed by atoms with Gasteiger partial charge in [0.1, 0.15) is 5.41 Å². The molecule has 1 amide bonds. The van der Waals surface area contributed by atoms with E-state index in [0.29, 0.717) is 32.5 Å². The number of hydrogen-bond donors (Lipinski definition) is 2. The highest BCUT2D eigenvalue weighted by Gasteiger charge is 2.56. The Kier molecular flexibility index (Phi) is 3.75. The number of oxime groups is 1. The summed E-state index contributed by atoms with van der Waals surface area (Å²) in [6.45, 7) is 4.09. The van der Waals surface area contributed by atoms with E-state index in [0.717, 1.165) is 12.8 Å². The van der Waals surface area contributed by atoms with Gasteiger partial charge in [-0.3, -0.25) is 4.79 Å². The predicted octanol–water partition coefficient (Wildman–Crippen LogP) is 0.541. The second kappa shape index (κ2) is 5.14. The van der Waals surface area contributed by atoms with E-state index in [9.17, 15) is 4.79 Å². The quantitative estimate of drug-likeness (QED) is 0.332. The lowest BCUT2D eigenvalue weighted by atomic mass is 10.0. The van der Waals surface area contributed by atoms with Crippen LogP contribution in [0.2, 0.25) is 0 Å². The Hall–Kier alpha value is -1.30. The number of likely N-dealkylation sites (tertiary alicyclic amines) is 1. The standard InChI is InChI=1S/C12H21N3O3/c1-2-18-9-3-7-15(8-4-9)11(16)12(5-6-12)10(13)14-17/h9,17H,2-8H2,1H3,(H2,13,14). The van der Waals surface area contributed by atoms with Gasteiger partial charge in [-0.05, 0) is 32.6 Å². The smallest absolute Gasteiger partial charge is 0.236 e. The van der Waals surface area contributed by atoms with Gasteiger partial charge in [-0.25, -0.2) is 0 Å². The Bertz CT molecular complexity index is 344. The molecule has 18 heavy (non-hydrogen) atoms. The van der Waals surface area contributed by atoms with E-state index < -0.39 is 5.41 Å². The van der Waals surface area contributed by atoms with E-state index >= 15 is 0 Å². The molecule has 1 saturated carbocycles. The molecular weight excluding hydrogens is 234 g/mol. The summed E-state index contributed by atoms with van der Waals surface area (Å²) in [5.41, 5.74) is 4.91. The second-order valence-corrected chi connectivity index (χ2v) is 5.01. The molecule has 6 heteroatoms. The first-order valence-electron chi connectivity index (χ1n) is 6.53. The number of amidine groups is 1. The van der Waals surface area contributed by atoms with Gasteiger partial charge >= 0.3 is 0 Å². The number of carbonyl (C=O) groups excluding carboxylic acids is 1. The fourth-order valence-electron chi connectivity index (χ4n) is 2.56. The van der Waals surface area contributed by atoms with Crippen molar-refractivity contribution < 1.29 is 14.7 Å². The third kappa shape index (κ3) is 2.29. The van der Waals surface area contributed by atoms with Crippen LogP contribution in [0.3, 0.4) is 0 Å². The molecule has 0 aromatic rings. The van der Waals surface area contributed by atoms with Crippen LogP contribution in [0, 0.1) is 5.41 Å². The third-order valence-corrected chi connectivity index (χ3v) is 3.89. The Morgan fingerprint density at radius 1 is 1.50 bits per heavy atom. The molecule has 0 bridgehead atoms. The molecule has 0 radical (unpaired) electrons. The van der Waals surface area contributed by atoms with Gasteiger partial charge in [0.05, 0.1) is 6.10 Å². The van der Waals surface area contributed by atoms with Crippen molar-refractivity contribution >= 4 is 11.7 Å². The first-order valence-corrected chi connectivity index (χ1v) is 6.53. The van der Waals surface area contributed by atoms with Crippen molar-refractivity contribution in [3.05, 3.63) is 0 Å². The molecule has 0 spiro atoms. The van der Waals surface area contributed by atoms with Crippen molar-refractivity contribution in [3.63, 3.8) is 0 Å². The largest absolute Gasteiger partial charge is 0.409 e. The molecular formula is C12H21N3O3. The maximum absolute atomic E-state index is 12.4. The minimum absolute atomic E-state index is 0.00717. The lowest BCUT2D eigenvalue weighted by molar-refractivity contribution is -0.137. The van der Waals surface area contributed by atoms with Crippen LogP contribution >= 0.6 is 0 Å². The van der Waals surface area contributed by atoms with Gasteiger partial charge in [0, 0.05) is 19.7 Å². The number of nitrogens with two attached hydrogens (primary N) is 1. The lowest BCUT2D eigenvalue weighted by Gasteiger charge is -2.33. The number of piperidine rings is 1. The Morgan fingerprint density at radius 2 is 2.11 bits per heavy atom. The van der Waals surface area contributed by atoms with Crippen molar-refractivity contribution in [2.75, 3.05) is 19.7 Å². The van der Waals surface area contributed by atoms with Gasteiger partial charge in [0.2, 0.25) is 5.91 Å². The average Bonchev–Trinajstić information content (AvgIpc) is 3.20. The molecule has 6 nitrogen and oxygen atoms in total. The summed E-state index contributed by atoms with van der Waals surface area (Å²) in [7, 11) is 0. The summed E-state index contributed by atoms with van der Waals surface area (Å²) in [5.74, 6) is 0.0622. The van der Waals surface area contributed by atoms with Gasteiger partial charge in [-0.15, -0.1) is 0 Å². The van der Waals surface area contributed by atoms with Crippen molar-refractivity contribution in [1.82, 2.24) is 4.90 Å². The molecule has 0 aromatic carbocycles. The van der Waals surface area contributed by atoms with Gasteiger partial charge in [0.15, 0.2) is 5.84 Å². The molecule has 0 aromatic heterocycles. The van der Waals surface area contributed by atoms with Crippen LogP contribution in [0.1, 0.15) is 32.6 Å². The Morgan fingerprint density at radius 3 is 2.56 bits per heavy atom.